The average molecular weight is 438 g/mol. The van der Waals surface area contributed by atoms with Crippen molar-refractivity contribution in [3.8, 4) is 28.8 Å². The van der Waals surface area contributed by atoms with Crippen LogP contribution in [0.15, 0.2) is 70.8 Å². The Labute approximate surface area is 184 Å². The Kier molecular flexibility index (Phi) is 6.47. The minimum absolute atomic E-state index is 0.503. The summed E-state index contributed by atoms with van der Waals surface area (Å²) in [7, 11) is 3.25. The van der Waals surface area contributed by atoms with Crippen molar-refractivity contribution in [2.45, 2.75) is 11.7 Å². The van der Waals surface area contributed by atoms with Gasteiger partial charge in [0.15, 0.2) is 33.7 Å². The number of thioether (sulfide) groups is 1. The summed E-state index contributed by atoms with van der Waals surface area (Å²) in [5.74, 6) is 4.08. The number of fused-ring (bicyclic) bond motifs is 1. The van der Waals surface area contributed by atoms with E-state index in [0.29, 0.717) is 47.6 Å². The van der Waals surface area contributed by atoms with Gasteiger partial charge in [0.2, 0.25) is 5.82 Å². The van der Waals surface area contributed by atoms with Crippen molar-refractivity contribution >= 4 is 22.7 Å². The lowest BCUT2D eigenvalue weighted by atomic mass is 10.2. The van der Waals surface area contributed by atoms with Crippen LogP contribution in [0.4, 0.5) is 0 Å². The monoisotopic (exact) mass is 437 g/mol. The predicted molar refractivity (Wildman–Crippen MR) is 121 cm³/mol. The molecular formula is C23H23N3O4S. The molecule has 2 aromatic heterocycles. The fourth-order valence-corrected chi connectivity index (χ4v) is 3.97. The summed E-state index contributed by atoms with van der Waals surface area (Å²) in [5.41, 5.74) is 0.688. The number of nitrogens with zero attached hydrogens (tertiary/aromatic N) is 3. The van der Waals surface area contributed by atoms with Crippen molar-refractivity contribution in [2.75, 3.05) is 26.6 Å². The van der Waals surface area contributed by atoms with Crippen molar-refractivity contribution in [2.24, 2.45) is 0 Å². The van der Waals surface area contributed by atoms with Crippen LogP contribution >= 0.6 is 11.8 Å². The molecule has 0 amide bonds. The normalized spacial score (nSPS) is 10.9. The van der Waals surface area contributed by atoms with Crippen molar-refractivity contribution < 1.29 is 18.6 Å². The number of allylic oxidation sites excluding steroid dienone is 1. The molecule has 0 saturated carbocycles. The predicted octanol–water partition coefficient (Wildman–Crippen LogP) is 5.07. The molecule has 0 N–H and O–H groups in total. The third-order valence-corrected chi connectivity index (χ3v) is 5.55. The van der Waals surface area contributed by atoms with E-state index >= 15 is 0 Å². The van der Waals surface area contributed by atoms with E-state index < -0.39 is 0 Å². The first-order valence-corrected chi connectivity index (χ1v) is 10.7. The van der Waals surface area contributed by atoms with Gasteiger partial charge in [-0.15, -0.1) is 16.8 Å². The molecule has 0 bridgehead atoms. The summed E-state index contributed by atoms with van der Waals surface area (Å²) in [6.45, 7) is 4.93. The van der Waals surface area contributed by atoms with Crippen LogP contribution in [0.25, 0.3) is 22.6 Å². The van der Waals surface area contributed by atoms with Crippen molar-refractivity contribution in [3.05, 3.63) is 61.2 Å². The standard InChI is InChI=1S/C23H23N3O4S/c1-4-12-26-22(20-15-16-8-7-11-19(28-3)21(16)30-20)24-25-23(26)31-14-13-29-18-10-6-5-9-17(18)27-2/h4-11,15H,1,12-14H2,2-3H3. The molecule has 8 heteroatoms. The second kappa shape index (κ2) is 9.61. The van der Waals surface area contributed by atoms with Crippen LogP contribution in [-0.2, 0) is 6.54 Å². The third-order valence-electron chi connectivity index (χ3n) is 4.62. The highest BCUT2D eigenvalue weighted by atomic mass is 32.2. The zero-order chi connectivity index (χ0) is 21.6. The van der Waals surface area contributed by atoms with Gasteiger partial charge in [-0.05, 0) is 24.3 Å². The molecule has 0 aliphatic carbocycles. The van der Waals surface area contributed by atoms with E-state index in [1.54, 1.807) is 26.0 Å². The number of aromatic nitrogens is 3. The fourth-order valence-electron chi connectivity index (χ4n) is 3.20. The molecule has 0 aliphatic rings. The van der Waals surface area contributed by atoms with Gasteiger partial charge in [-0.3, -0.25) is 4.57 Å². The Morgan fingerprint density at radius 2 is 1.81 bits per heavy atom. The first-order chi connectivity index (χ1) is 15.2. The van der Waals surface area contributed by atoms with E-state index in [2.05, 4.69) is 16.8 Å². The number of benzene rings is 2. The van der Waals surface area contributed by atoms with Gasteiger partial charge in [0.05, 0.1) is 20.8 Å². The summed E-state index contributed by atoms with van der Waals surface area (Å²) in [6, 6.07) is 15.3. The van der Waals surface area contributed by atoms with E-state index in [0.717, 1.165) is 16.3 Å². The van der Waals surface area contributed by atoms with Gasteiger partial charge in [0, 0.05) is 17.7 Å². The second-order valence-corrected chi connectivity index (χ2v) is 7.60. The van der Waals surface area contributed by atoms with Gasteiger partial charge in [-0.1, -0.05) is 42.1 Å². The van der Waals surface area contributed by atoms with E-state index in [1.807, 2.05) is 59.2 Å². The number of para-hydroxylation sites is 3. The van der Waals surface area contributed by atoms with Crippen LogP contribution in [-0.4, -0.2) is 41.3 Å². The topological polar surface area (TPSA) is 71.5 Å². The Hall–Kier alpha value is -3.39. The quantitative estimate of drug-likeness (QED) is 0.195. The van der Waals surface area contributed by atoms with E-state index in [-0.39, 0.29) is 0 Å². The molecule has 0 unspecified atom stereocenters. The van der Waals surface area contributed by atoms with Gasteiger partial charge < -0.3 is 18.6 Å². The van der Waals surface area contributed by atoms with Crippen LogP contribution in [0.5, 0.6) is 17.2 Å². The third kappa shape index (κ3) is 4.39. The number of rotatable bonds is 10. The van der Waals surface area contributed by atoms with Gasteiger partial charge >= 0.3 is 0 Å². The first kappa shape index (κ1) is 20.9. The number of furan rings is 1. The first-order valence-electron chi connectivity index (χ1n) is 9.74. The second-order valence-electron chi connectivity index (χ2n) is 6.54. The highest BCUT2D eigenvalue weighted by molar-refractivity contribution is 7.99. The maximum absolute atomic E-state index is 6.05. The highest BCUT2D eigenvalue weighted by Gasteiger charge is 2.18. The summed E-state index contributed by atoms with van der Waals surface area (Å²) >= 11 is 1.56. The van der Waals surface area contributed by atoms with E-state index in [9.17, 15) is 0 Å². The fraction of sp³-hybridized carbons (Fsp3) is 0.217. The molecule has 0 radical (unpaired) electrons. The minimum atomic E-state index is 0.503. The van der Waals surface area contributed by atoms with Gasteiger partial charge in [-0.25, -0.2) is 0 Å². The molecule has 2 aromatic carbocycles. The van der Waals surface area contributed by atoms with Crippen LogP contribution in [0.3, 0.4) is 0 Å². The van der Waals surface area contributed by atoms with Crippen LogP contribution in [0.2, 0.25) is 0 Å². The number of methoxy groups -OCH3 is 2. The molecule has 0 fully saturated rings. The Morgan fingerprint density at radius 1 is 1.03 bits per heavy atom. The van der Waals surface area contributed by atoms with Gasteiger partial charge in [0.1, 0.15) is 0 Å². The molecule has 31 heavy (non-hydrogen) atoms. The Balaban J connectivity index is 1.50. The van der Waals surface area contributed by atoms with Gasteiger partial charge in [-0.2, -0.15) is 0 Å². The summed E-state index contributed by atoms with van der Waals surface area (Å²) in [5, 5.41) is 10.4. The number of hydrogen-bond acceptors (Lipinski definition) is 7. The van der Waals surface area contributed by atoms with Gasteiger partial charge in [0.25, 0.3) is 0 Å². The Bertz CT molecular complexity index is 1180. The highest BCUT2D eigenvalue weighted by Crippen LogP contribution is 2.34. The lowest BCUT2D eigenvalue weighted by molar-refractivity contribution is 0.313. The van der Waals surface area contributed by atoms with Crippen molar-refractivity contribution in [3.63, 3.8) is 0 Å². The van der Waals surface area contributed by atoms with Crippen LogP contribution < -0.4 is 14.2 Å². The van der Waals surface area contributed by atoms with Crippen molar-refractivity contribution in [1.82, 2.24) is 14.8 Å². The molecule has 4 rings (SSSR count). The van der Waals surface area contributed by atoms with Crippen molar-refractivity contribution in [1.29, 1.82) is 0 Å². The molecule has 0 saturated heterocycles. The average Bonchev–Trinajstić information content (AvgIpc) is 3.41. The zero-order valence-electron chi connectivity index (χ0n) is 17.4. The smallest absolute Gasteiger partial charge is 0.200 e. The zero-order valence-corrected chi connectivity index (χ0v) is 18.2. The van der Waals surface area contributed by atoms with Crippen LogP contribution in [0.1, 0.15) is 0 Å². The summed E-state index contributed by atoms with van der Waals surface area (Å²) in [6.07, 6.45) is 1.81. The molecule has 0 aliphatic heterocycles. The summed E-state index contributed by atoms with van der Waals surface area (Å²) in [4.78, 5) is 0. The van der Waals surface area contributed by atoms with Crippen LogP contribution in [0, 0.1) is 0 Å². The maximum Gasteiger partial charge on any atom is 0.200 e. The minimum Gasteiger partial charge on any atom is -0.493 e. The molecular weight excluding hydrogens is 414 g/mol. The Morgan fingerprint density at radius 3 is 2.58 bits per heavy atom. The largest absolute Gasteiger partial charge is 0.493 e. The summed E-state index contributed by atoms with van der Waals surface area (Å²) < 4.78 is 24.6. The molecule has 2 heterocycles. The SMILES string of the molecule is C=CCn1c(SCCOc2ccccc2OC)nnc1-c1cc2cccc(OC)c2o1. The lowest BCUT2D eigenvalue weighted by Gasteiger charge is -2.10. The van der Waals surface area contributed by atoms with E-state index in [1.165, 1.54) is 0 Å². The number of hydrogen-bond donors (Lipinski definition) is 0. The molecule has 7 nitrogen and oxygen atoms in total. The number of ether oxygens (including phenoxy) is 3. The van der Waals surface area contributed by atoms with E-state index in [4.69, 9.17) is 18.6 Å². The molecule has 0 atom stereocenters. The maximum atomic E-state index is 6.05. The lowest BCUT2D eigenvalue weighted by Crippen LogP contribution is -2.04. The molecule has 160 valence electrons. The molecule has 4 aromatic rings. The molecule has 0 spiro atoms.